The molecule has 2 fully saturated rings. The summed E-state index contributed by atoms with van der Waals surface area (Å²) in [6, 6.07) is 12.2. The van der Waals surface area contributed by atoms with E-state index in [1.54, 1.807) is 23.2 Å². The number of nitrogens with one attached hydrogen (secondary N) is 1. The predicted octanol–water partition coefficient (Wildman–Crippen LogP) is 3.50. The van der Waals surface area contributed by atoms with Gasteiger partial charge in [0.25, 0.3) is 11.8 Å². The third-order valence-corrected chi connectivity index (χ3v) is 6.68. The monoisotopic (exact) mass is 393 g/mol. The van der Waals surface area contributed by atoms with Crippen molar-refractivity contribution in [2.75, 3.05) is 6.54 Å². The largest absolute Gasteiger partial charge is 0.333 e. The van der Waals surface area contributed by atoms with Gasteiger partial charge in [-0.3, -0.25) is 15.0 Å². The van der Waals surface area contributed by atoms with Crippen molar-refractivity contribution >= 4 is 11.8 Å². The number of carbonyl (C=O) groups is 2. The van der Waals surface area contributed by atoms with Crippen LogP contribution in [0.25, 0.3) is 0 Å². The number of amides is 2. The number of hydrogen-bond acceptors (Lipinski definition) is 3. The van der Waals surface area contributed by atoms with E-state index in [0.717, 1.165) is 30.4 Å². The quantitative estimate of drug-likeness (QED) is 0.865. The van der Waals surface area contributed by atoms with Gasteiger partial charge in [0, 0.05) is 30.7 Å². The Morgan fingerprint density at radius 3 is 2.76 bits per heavy atom. The second-order valence-electron chi connectivity index (χ2n) is 8.61. The predicted molar refractivity (Wildman–Crippen MR) is 106 cm³/mol. The third-order valence-electron chi connectivity index (χ3n) is 6.68. The van der Waals surface area contributed by atoms with Crippen molar-refractivity contribution in [3.63, 3.8) is 0 Å². The van der Waals surface area contributed by atoms with Crippen LogP contribution in [0, 0.1) is 11.7 Å². The first-order valence-electron chi connectivity index (χ1n) is 10.2. The Balaban J connectivity index is 1.35. The fourth-order valence-electron chi connectivity index (χ4n) is 4.66. The molecule has 6 heteroatoms. The third kappa shape index (κ3) is 3.12. The second-order valence-corrected chi connectivity index (χ2v) is 8.61. The topological polar surface area (TPSA) is 52.7 Å². The molecule has 1 saturated carbocycles. The van der Waals surface area contributed by atoms with Crippen molar-refractivity contribution in [3.8, 4) is 0 Å². The lowest BCUT2D eigenvalue weighted by atomic mass is 9.81. The first kappa shape index (κ1) is 18.3. The molecule has 0 aromatic heterocycles. The molecular weight excluding hydrogens is 369 g/mol. The average molecular weight is 393 g/mol. The summed E-state index contributed by atoms with van der Waals surface area (Å²) >= 11 is 0. The average Bonchev–Trinajstić information content (AvgIpc) is 3.53. The van der Waals surface area contributed by atoms with Crippen molar-refractivity contribution in [2.24, 2.45) is 5.92 Å². The summed E-state index contributed by atoms with van der Waals surface area (Å²) in [5.74, 6) is -0.309. The summed E-state index contributed by atoms with van der Waals surface area (Å²) in [5, 5.41) is 1.80. The maximum absolute atomic E-state index is 14.5. The Hall–Kier alpha value is -2.73. The molecule has 5 rings (SSSR count). The lowest BCUT2D eigenvalue weighted by Crippen LogP contribution is -2.61. The number of hydrazine groups is 1. The summed E-state index contributed by atoms with van der Waals surface area (Å²) in [6.07, 6.45) is 3.29. The van der Waals surface area contributed by atoms with Gasteiger partial charge < -0.3 is 4.90 Å². The van der Waals surface area contributed by atoms with Crippen molar-refractivity contribution in [3.05, 3.63) is 70.5 Å². The normalized spacial score (nSPS) is 23.9. The molecule has 2 aromatic carbocycles. The van der Waals surface area contributed by atoms with Crippen LogP contribution >= 0.6 is 0 Å². The summed E-state index contributed by atoms with van der Waals surface area (Å²) in [7, 11) is 0. The molecular formula is C23H24FN3O2. The van der Waals surface area contributed by atoms with E-state index in [4.69, 9.17) is 0 Å². The van der Waals surface area contributed by atoms with Crippen LogP contribution in [0.15, 0.2) is 42.5 Å². The minimum absolute atomic E-state index is 0.121. The molecule has 0 bridgehead atoms. The van der Waals surface area contributed by atoms with Crippen LogP contribution in [0.2, 0.25) is 0 Å². The summed E-state index contributed by atoms with van der Waals surface area (Å²) in [4.78, 5) is 27.2. The van der Waals surface area contributed by atoms with E-state index in [9.17, 15) is 14.0 Å². The molecule has 1 aliphatic carbocycles. The zero-order valence-electron chi connectivity index (χ0n) is 16.5. The molecule has 2 aliphatic heterocycles. The zero-order valence-corrected chi connectivity index (χ0v) is 16.5. The van der Waals surface area contributed by atoms with E-state index in [1.807, 2.05) is 23.1 Å². The molecule has 0 spiro atoms. The molecule has 29 heavy (non-hydrogen) atoms. The van der Waals surface area contributed by atoms with Gasteiger partial charge in [-0.1, -0.05) is 24.3 Å². The standard InChI is InChI=1S/C23H24FN3O2/c1-23(17-7-8-17)10-11-27(23)22(29)19-12-15(6-9-20(19)24)13-26-14-16-4-2-3-5-18(16)21(28)25-26/h2-6,9,12,17H,7-8,10-11,13-14H2,1H3,(H,25,28). The first-order chi connectivity index (χ1) is 14.0. The van der Waals surface area contributed by atoms with Gasteiger partial charge in [-0.25, -0.2) is 9.40 Å². The minimum atomic E-state index is -0.489. The minimum Gasteiger partial charge on any atom is -0.333 e. The van der Waals surface area contributed by atoms with Gasteiger partial charge >= 0.3 is 0 Å². The highest BCUT2D eigenvalue weighted by Crippen LogP contribution is 2.50. The fraction of sp³-hybridized carbons (Fsp3) is 0.391. The molecule has 2 amide bonds. The van der Waals surface area contributed by atoms with E-state index < -0.39 is 5.82 Å². The Kier molecular flexibility index (Phi) is 4.21. The summed E-state index contributed by atoms with van der Waals surface area (Å²) < 4.78 is 14.5. The van der Waals surface area contributed by atoms with Crippen molar-refractivity contribution in [1.29, 1.82) is 0 Å². The maximum atomic E-state index is 14.5. The number of hydrogen-bond donors (Lipinski definition) is 1. The van der Waals surface area contributed by atoms with Crippen LogP contribution < -0.4 is 5.43 Å². The van der Waals surface area contributed by atoms with Gasteiger partial charge in [0.05, 0.1) is 5.56 Å². The maximum Gasteiger partial charge on any atom is 0.265 e. The number of fused-ring (bicyclic) bond motifs is 1. The van der Waals surface area contributed by atoms with Crippen LogP contribution in [0.3, 0.4) is 0 Å². The Labute approximate surface area is 169 Å². The SMILES string of the molecule is CC1(C2CC2)CCN1C(=O)c1cc(CN2Cc3ccccc3C(=O)N2)ccc1F. The van der Waals surface area contributed by atoms with Crippen molar-refractivity contribution in [2.45, 2.75) is 44.8 Å². The van der Waals surface area contributed by atoms with E-state index in [1.165, 1.54) is 6.07 Å². The van der Waals surface area contributed by atoms with Crippen LogP contribution in [-0.4, -0.2) is 33.8 Å². The van der Waals surface area contributed by atoms with Gasteiger partial charge in [0.2, 0.25) is 0 Å². The van der Waals surface area contributed by atoms with Crippen molar-refractivity contribution < 1.29 is 14.0 Å². The Morgan fingerprint density at radius 1 is 1.24 bits per heavy atom. The highest BCUT2D eigenvalue weighted by molar-refractivity contribution is 5.96. The molecule has 1 N–H and O–H groups in total. The Morgan fingerprint density at radius 2 is 2.03 bits per heavy atom. The van der Waals surface area contributed by atoms with E-state index in [-0.39, 0.29) is 22.9 Å². The smallest absolute Gasteiger partial charge is 0.265 e. The number of likely N-dealkylation sites (tertiary alicyclic amines) is 1. The highest BCUT2D eigenvalue weighted by atomic mass is 19.1. The number of benzene rings is 2. The van der Waals surface area contributed by atoms with E-state index >= 15 is 0 Å². The highest BCUT2D eigenvalue weighted by Gasteiger charge is 2.53. The number of carbonyl (C=O) groups excluding carboxylic acids is 2. The second kappa shape index (κ2) is 6.66. The van der Waals surface area contributed by atoms with Crippen LogP contribution in [0.5, 0.6) is 0 Å². The zero-order chi connectivity index (χ0) is 20.2. The van der Waals surface area contributed by atoms with E-state index in [2.05, 4.69) is 12.3 Å². The molecule has 5 nitrogen and oxygen atoms in total. The van der Waals surface area contributed by atoms with Crippen LogP contribution in [0.1, 0.15) is 58.0 Å². The molecule has 2 aromatic rings. The van der Waals surface area contributed by atoms with Gasteiger partial charge in [-0.2, -0.15) is 0 Å². The molecule has 1 saturated heterocycles. The van der Waals surface area contributed by atoms with E-state index in [0.29, 0.717) is 31.1 Å². The summed E-state index contributed by atoms with van der Waals surface area (Å²) in [5.41, 5.74) is 5.30. The molecule has 3 aliphatic rings. The lowest BCUT2D eigenvalue weighted by molar-refractivity contribution is -0.00536. The number of rotatable bonds is 4. The van der Waals surface area contributed by atoms with Gasteiger partial charge in [0.15, 0.2) is 0 Å². The fourth-order valence-corrected chi connectivity index (χ4v) is 4.66. The first-order valence-corrected chi connectivity index (χ1v) is 10.2. The van der Waals surface area contributed by atoms with Gasteiger partial charge in [-0.15, -0.1) is 0 Å². The Bertz CT molecular complexity index is 1000. The van der Waals surface area contributed by atoms with Gasteiger partial charge in [-0.05, 0) is 61.4 Å². The molecule has 0 radical (unpaired) electrons. The van der Waals surface area contributed by atoms with Gasteiger partial charge in [0.1, 0.15) is 5.82 Å². The van der Waals surface area contributed by atoms with Crippen LogP contribution in [-0.2, 0) is 13.1 Å². The lowest BCUT2D eigenvalue weighted by Gasteiger charge is -2.51. The molecule has 2 heterocycles. The molecule has 1 unspecified atom stereocenters. The number of nitrogens with zero attached hydrogens (tertiary/aromatic N) is 2. The molecule has 1 atom stereocenters. The molecule has 150 valence electrons. The summed E-state index contributed by atoms with van der Waals surface area (Å²) in [6.45, 7) is 3.78. The number of halogens is 1. The van der Waals surface area contributed by atoms with Crippen molar-refractivity contribution in [1.82, 2.24) is 15.3 Å². The van der Waals surface area contributed by atoms with Crippen LogP contribution in [0.4, 0.5) is 4.39 Å².